The first-order valence-electron chi connectivity index (χ1n) is 10.2. The number of piperazine rings is 1. The number of hydrogen-bond acceptors (Lipinski definition) is 5. The largest absolute Gasteiger partial charge is 0.369 e. The number of rotatable bonds is 5. The van der Waals surface area contributed by atoms with Gasteiger partial charge in [0.25, 0.3) is 0 Å². The first-order valence-corrected chi connectivity index (χ1v) is 12.5. The van der Waals surface area contributed by atoms with Gasteiger partial charge in [0.05, 0.1) is 16.8 Å². The summed E-state index contributed by atoms with van der Waals surface area (Å²) in [5, 5.41) is 6.54. The van der Waals surface area contributed by atoms with E-state index in [1.54, 1.807) is 23.0 Å². The molecule has 0 N–H and O–H groups in total. The van der Waals surface area contributed by atoms with Crippen LogP contribution in [0.4, 0.5) is 10.1 Å². The van der Waals surface area contributed by atoms with E-state index in [0.717, 1.165) is 16.3 Å². The predicted octanol–water partition coefficient (Wildman–Crippen LogP) is 4.25. The molecule has 0 atom stereocenters. The van der Waals surface area contributed by atoms with Crippen LogP contribution in [0.2, 0.25) is 0 Å². The fourth-order valence-electron chi connectivity index (χ4n) is 3.82. The van der Waals surface area contributed by atoms with Crippen molar-refractivity contribution < 1.29 is 12.8 Å². The van der Waals surface area contributed by atoms with Gasteiger partial charge in [-0.1, -0.05) is 24.3 Å². The van der Waals surface area contributed by atoms with Crippen LogP contribution in [0.25, 0.3) is 16.3 Å². The first kappa shape index (κ1) is 20.9. The number of anilines is 1. The number of benzene rings is 2. The highest BCUT2D eigenvalue weighted by Crippen LogP contribution is 2.33. The maximum atomic E-state index is 13.6. The van der Waals surface area contributed by atoms with E-state index >= 15 is 0 Å². The van der Waals surface area contributed by atoms with E-state index in [-0.39, 0.29) is 10.7 Å². The van der Waals surface area contributed by atoms with Crippen LogP contribution in [-0.4, -0.2) is 48.7 Å². The van der Waals surface area contributed by atoms with Crippen LogP contribution < -0.4 is 4.90 Å². The van der Waals surface area contributed by atoms with Crippen LogP contribution in [0.3, 0.4) is 0 Å². The fraction of sp³-hybridized carbons (Fsp3) is 0.174. The van der Waals surface area contributed by atoms with E-state index in [0.29, 0.717) is 31.9 Å². The maximum Gasteiger partial charge on any atom is 0.247 e. The summed E-state index contributed by atoms with van der Waals surface area (Å²) in [6, 6.07) is 19.5. The average Bonchev–Trinajstić information content (AvgIpc) is 3.51. The van der Waals surface area contributed by atoms with Gasteiger partial charge in [-0.05, 0) is 47.8 Å². The molecule has 0 saturated carbocycles. The normalized spacial score (nSPS) is 15.2. The van der Waals surface area contributed by atoms with Crippen molar-refractivity contribution in [3.8, 4) is 16.3 Å². The van der Waals surface area contributed by atoms with E-state index in [1.165, 1.54) is 27.8 Å². The van der Waals surface area contributed by atoms with Crippen molar-refractivity contribution >= 4 is 27.0 Å². The lowest BCUT2D eigenvalue weighted by molar-refractivity contribution is 0.385. The number of hydrogen-bond donors (Lipinski definition) is 0. The number of sulfonamides is 1. The number of halogens is 1. The van der Waals surface area contributed by atoms with Crippen molar-refractivity contribution in [3.63, 3.8) is 0 Å². The van der Waals surface area contributed by atoms with Crippen LogP contribution in [0.1, 0.15) is 0 Å². The molecule has 9 heteroatoms. The lowest BCUT2D eigenvalue weighted by Gasteiger charge is -2.35. The van der Waals surface area contributed by atoms with Gasteiger partial charge in [0.2, 0.25) is 10.0 Å². The quantitative estimate of drug-likeness (QED) is 0.439. The summed E-state index contributed by atoms with van der Waals surface area (Å²) in [7, 11) is -3.75. The van der Waals surface area contributed by atoms with Crippen LogP contribution >= 0.6 is 11.3 Å². The molecule has 6 nitrogen and oxygen atoms in total. The monoisotopic (exact) mass is 468 g/mol. The molecular weight excluding hydrogens is 447 g/mol. The topological polar surface area (TPSA) is 58.4 Å². The zero-order valence-corrected chi connectivity index (χ0v) is 18.8. The molecule has 0 aliphatic carbocycles. The Kier molecular flexibility index (Phi) is 5.54. The van der Waals surface area contributed by atoms with Gasteiger partial charge >= 0.3 is 0 Å². The van der Waals surface area contributed by atoms with Crippen LogP contribution in [0, 0.1) is 5.82 Å². The minimum absolute atomic E-state index is 0.207. The maximum absolute atomic E-state index is 13.6. The molecule has 4 aromatic rings. The molecule has 0 radical (unpaired) electrons. The molecule has 1 fully saturated rings. The predicted molar refractivity (Wildman–Crippen MR) is 124 cm³/mol. The van der Waals surface area contributed by atoms with Crippen LogP contribution in [-0.2, 0) is 10.0 Å². The van der Waals surface area contributed by atoms with Gasteiger partial charge in [0.15, 0.2) is 0 Å². The Morgan fingerprint density at radius 1 is 0.844 bits per heavy atom. The highest BCUT2D eigenvalue weighted by Gasteiger charge is 2.33. The molecule has 1 saturated heterocycles. The van der Waals surface area contributed by atoms with E-state index in [2.05, 4.69) is 10.00 Å². The van der Waals surface area contributed by atoms with Crippen molar-refractivity contribution in [1.29, 1.82) is 0 Å². The molecular formula is C23H21FN4O2S2. The number of para-hydroxylation sites is 1. The Morgan fingerprint density at radius 3 is 2.22 bits per heavy atom. The molecule has 164 valence electrons. The zero-order chi connectivity index (χ0) is 22.1. The molecule has 5 rings (SSSR count). The lowest BCUT2D eigenvalue weighted by Crippen LogP contribution is -2.48. The van der Waals surface area contributed by atoms with Gasteiger partial charge in [-0.2, -0.15) is 9.40 Å². The van der Waals surface area contributed by atoms with E-state index in [1.807, 2.05) is 47.8 Å². The van der Waals surface area contributed by atoms with Gasteiger partial charge in [-0.3, -0.25) is 0 Å². The third-order valence-electron chi connectivity index (χ3n) is 5.50. The third-order valence-corrected chi connectivity index (χ3v) is 8.28. The molecule has 1 aliphatic rings. The highest BCUT2D eigenvalue weighted by atomic mass is 32.2. The third kappa shape index (κ3) is 3.94. The molecule has 3 heterocycles. The van der Waals surface area contributed by atoms with Crippen molar-refractivity contribution in [2.45, 2.75) is 4.90 Å². The summed E-state index contributed by atoms with van der Waals surface area (Å²) >= 11 is 1.46. The standard InChI is InChI=1S/C23H21FN4O2S2/c24-18-8-10-19(11-9-18)26-12-14-27(15-13-26)32(29,30)22-17-28(20-5-2-1-3-6-20)25-23(22)21-7-4-16-31-21/h1-11,16-17H,12-15H2. The molecule has 0 unspecified atom stereocenters. The summed E-state index contributed by atoms with van der Waals surface area (Å²) in [6.07, 6.45) is 1.60. The Balaban J connectivity index is 1.44. The van der Waals surface area contributed by atoms with Crippen molar-refractivity contribution in [2.24, 2.45) is 0 Å². The van der Waals surface area contributed by atoms with Crippen molar-refractivity contribution in [1.82, 2.24) is 14.1 Å². The molecule has 1 aliphatic heterocycles. The lowest BCUT2D eigenvalue weighted by atomic mass is 10.2. The van der Waals surface area contributed by atoms with E-state index < -0.39 is 10.0 Å². The van der Waals surface area contributed by atoms with Gasteiger partial charge in [0.1, 0.15) is 16.4 Å². The van der Waals surface area contributed by atoms with Gasteiger partial charge < -0.3 is 4.90 Å². The minimum Gasteiger partial charge on any atom is -0.369 e. The van der Waals surface area contributed by atoms with Gasteiger partial charge in [-0.15, -0.1) is 11.3 Å². The summed E-state index contributed by atoms with van der Waals surface area (Å²) in [6.45, 7) is 1.76. The number of thiophene rings is 1. The summed E-state index contributed by atoms with van der Waals surface area (Å²) in [4.78, 5) is 3.08. The zero-order valence-electron chi connectivity index (χ0n) is 17.1. The Hall–Kier alpha value is -3.01. The first-order chi connectivity index (χ1) is 15.5. The van der Waals surface area contributed by atoms with Crippen molar-refractivity contribution in [2.75, 3.05) is 31.1 Å². The average molecular weight is 469 g/mol. The fourth-order valence-corrected chi connectivity index (χ4v) is 6.16. The SMILES string of the molecule is O=S(=O)(c1cn(-c2ccccc2)nc1-c1cccs1)N1CCN(c2ccc(F)cc2)CC1. The van der Waals surface area contributed by atoms with Crippen molar-refractivity contribution in [3.05, 3.63) is 84.1 Å². The molecule has 2 aromatic carbocycles. The second-order valence-corrected chi connectivity index (χ2v) is 10.3. The Bertz CT molecular complexity index is 1300. The minimum atomic E-state index is -3.75. The number of aromatic nitrogens is 2. The highest BCUT2D eigenvalue weighted by molar-refractivity contribution is 7.89. The Labute approximate surface area is 190 Å². The smallest absolute Gasteiger partial charge is 0.247 e. The molecule has 0 bridgehead atoms. The summed E-state index contributed by atoms with van der Waals surface area (Å²) in [5.74, 6) is -0.286. The molecule has 2 aromatic heterocycles. The van der Waals surface area contributed by atoms with Gasteiger partial charge in [0, 0.05) is 31.9 Å². The molecule has 0 amide bonds. The second kappa shape index (κ2) is 8.50. The number of nitrogens with zero attached hydrogens (tertiary/aromatic N) is 4. The van der Waals surface area contributed by atoms with Gasteiger partial charge in [-0.25, -0.2) is 17.5 Å². The molecule has 0 spiro atoms. The molecule has 32 heavy (non-hydrogen) atoms. The Morgan fingerprint density at radius 2 is 1.56 bits per heavy atom. The van der Waals surface area contributed by atoms with E-state index in [9.17, 15) is 12.8 Å². The summed E-state index contributed by atoms with van der Waals surface area (Å²) in [5.41, 5.74) is 2.15. The van der Waals surface area contributed by atoms with E-state index in [4.69, 9.17) is 0 Å². The summed E-state index contributed by atoms with van der Waals surface area (Å²) < 4.78 is 43.6. The second-order valence-electron chi connectivity index (χ2n) is 7.47. The van der Waals surface area contributed by atoms with Crippen LogP contribution in [0.5, 0.6) is 0 Å². The van der Waals surface area contributed by atoms with Crippen LogP contribution in [0.15, 0.2) is 83.2 Å².